The number of piperidine rings is 3. The third-order valence-corrected chi connectivity index (χ3v) is 22.4. The second-order valence-electron chi connectivity index (χ2n) is 28.9. The third kappa shape index (κ3) is 25.6. The number of carbonyl (C=O) groups excluding carboxylic acids is 2. The van der Waals surface area contributed by atoms with Crippen LogP contribution in [0.3, 0.4) is 0 Å². The van der Waals surface area contributed by atoms with Crippen LogP contribution in [0.2, 0.25) is 15.1 Å². The van der Waals surface area contributed by atoms with Gasteiger partial charge in [0.15, 0.2) is 17.4 Å². The van der Waals surface area contributed by atoms with Crippen molar-refractivity contribution in [1.82, 2.24) is 14.7 Å². The normalized spacial score (nSPS) is 20.3. The second kappa shape index (κ2) is 40.2. The Morgan fingerprint density at radius 3 is 1.06 bits per heavy atom. The van der Waals surface area contributed by atoms with E-state index in [4.69, 9.17) is 49.0 Å². The van der Waals surface area contributed by atoms with Gasteiger partial charge in [-0.2, -0.15) is 79.0 Å². The van der Waals surface area contributed by atoms with Gasteiger partial charge in [0, 0.05) is 78.3 Å². The Hall–Kier alpha value is -4.72. The summed E-state index contributed by atoms with van der Waals surface area (Å²) in [4.78, 5) is 32.3. The van der Waals surface area contributed by atoms with E-state index in [1.165, 1.54) is 18.4 Å². The van der Waals surface area contributed by atoms with Crippen LogP contribution in [0.4, 0.5) is 79.0 Å². The predicted molar refractivity (Wildman–Crippen MR) is 394 cm³/mol. The van der Waals surface area contributed by atoms with Gasteiger partial charge in [0.05, 0.1) is 75.7 Å². The maximum atomic E-state index is 13.5. The number of ether oxygens (including phenoxy) is 3. The Morgan fingerprint density at radius 2 is 0.759 bits per heavy atom. The molecule has 1 N–H and O–H groups in total. The van der Waals surface area contributed by atoms with Crippen LogP contribution in [-0.4, -0.2) is 126 Å². The van der Waals surface area contributed by atoms with Crippen LogP contribution < -0.4 is 18.9 Å². The number of nitrogens with zero attached hydrogens (tertiary/aromatic N) is 3. The molecule has 4 aliphatic heterocycles. The molecule has 2 amide bonds. The van der Waals surface area contributed by atoms with E-state index in [-0.39, 0.29) is 126 Å². The van der Waals surface area contributed by atoms with Crippen molar-refractivity contribution in [3.05, 3.63) is 209 Å². The van der Waals surface area contributed by atoms with E-state index in [0.29, 0.717) is 84.7 Å². The molecule has 0 radical (unpaired) electrons. The fourth-order valence-electron chi connectivity index (χ4n) is 14.8. The summed E-state index contributed by atoms with van der Waals surface area (Å²) in [7, 11) is 0. The molecular weight excluding hydrogens is 1650 g/mol. The van der Waals surface area contributed by atoms with Crippen molar-refractivity contribution < 1.29 is 128 Å². The van der Waals surface area contributed by atoms with Crippen LogP contribution in [0.15, 0.2) is 127 Å². The van der Waals surface area contributed by atoms with Crippen molar-refractivity contribution in [3.63, 3.8) is 0 Å². The average Bonchev–Trinajstić information content (AvgIpc) is 0.842. The Kier molecular flexibility index (Phi) is 33.9. The Labute approximate surface area is 686 Å². The zero-order chi connectivity index (χ0) is 80.3. The molecule has 0 bridgehead atoms. The number of aliphatic hydroxyl groups is 1. The summed E-state index contributed by atoms with van der Waals surface area (Å²) < 4.78 is 248. The molecule has 4 saturated heterocycles. The molecule has 4 heterocycles. The molecular formula is C79H87AlBrCl3F18LiN3O6. The van der Waals surface area contributed by atoms with Crippen molar-refractivity contribution in [3.8, 4) is 0 Å². The van der Waals surface area contributed by atoms with E-state index in [9.17, 15) is 93.7 Å². The van der Waals surface area contributed by atoms with E-state index in [2.05, 4.69) is 33.0 Å². The molecule has 3 saturated carbocycles. The van der Waals surface area contributed by atoms with Gasteiger partial charge in [0.1, 0.15) is 0 Å². The molecule has 3 aliphatic carbocycles. The zero-order valence-electron chi connectivity index (χ0n) is 61.5. The molecule has 3 unspecified atom stereocenters. The second-order valence-corrected chi connectivity index (χ2v) is 30.8. The van der Waals surface area contributed by atoms with Crippen molar-refractivity contribution in [1.29, 1.82) is 0 Å². The van der Waals surface area contributed by atoms with Crippen molar-refractivity contribution >= 4 is 79.9 Å². The van der Waals surface area contributed by atoms with Gasteiger partial charge < -0.3 is 30.5 Å². The number of aliphatic hydroxyl groups excluding tert-OH is 1. The monoisotopic (exact) mass is 1730 g/mol. The molecule has 3 atom stereocenters. The summed E-state index contributed by atoms with van der Waals surface area (Å²) in [5, 5.41) is 11.7. The number of alkyl halides is 19. The van der Waals surface area contributed by atoms with Gasteiger partial charge in [0.2, 0.25) is 11.8 Å². The average molecular weight is 1740 g/mol. The van der Waals surface area contributed by atoms with Crippen LogP contribution in [0.1, 0.15) is 177 Å². The quantitative estimate of drug-likeness (QED) is 0.0660. The van der Waals surface area contributed by atoms with E-state index in [1.54, 1.807) is 17.0 Å². The minimum absolute atomic E-state index is 0. The van der Waals surface area contributed by atoms with E-state index in [1.807, 2.05) is 53.4 Å². The van der Waals surface area contributed by atoms with Gasteiger partial charge in [-0.3, -0.25) is 14.5 Å². The number of β-amino-alcohol motifs (C(OH)–C–C–N with tert-alkyl or cyclic N) is 1. The molecule has 0 spiro atoms. The van der Waals surface area contributed by atoms with Gasteiger partial charge in [-0.05, 0) is 221 Å². The molecule has 0 aromatic heterocycles. The maximum Gasteiger partial charge on any atom is 1.00 e. The van der Waals surface area contributed by atoms with Crippen molar-refractivity contribution in [2.45, 2.75) is 199 Å². The maximum absolute atomic E-state index is 13.5. The predicted octanol–water partition coefficient (Wildman–Crippen LogP) is 18.6. The van der Waals surface area contributed by atoms with Crippen molar-refractivity contribution in [2.75, 3.05) is 59.0 Å². The van der Waals surface area contributed by atoms with E-state index in [0.717, 1.165) is 127 Å². The van der Waals surface area contributed by atoms with Crippen molar-refractivity contribution in [2.24, 2.45) is 0 Å². The van der Waals surface area contributed by atoms with Gasteiger partial charge in [0.25, 0.3) is 0 Å². The molecule has 112 heavy (non-hydrogen) atoms. The van der Waals surface area contributed by atoms with Crippen LogP contribution in [0.25, 0.3) is 0 Å². The summed E-state index contributed by atoms with van der Waals surface area (Å²) >= 11 is 20.8. The number of halogens is 22. The topological polar surface area (TPSA) is 91.8 Å². The first kappa shape index (κ1) is 94.4. The fraction of sp³-hybridized carbons (Fsp3) is 0.519. The van der Waals surface area contributed by atoms with E-state index >= 15 is 0 Å². The van der Waals surface area contributed by atoms with Gasteiger partial charge >= 0.3 is 55.9 Å². The summed E-state index contributed by atoms with van der Waals surface area (Å²) in [5.41, 5.74) is -6.13. The van der Waals surface area contributed by atoms with Gasteiger partial charge in [-0.25, -0.2) is 0 Å². The third-order valence-electron chi connectivity index (χ3n) is 21.0. The largest absolute Gasteiger partial charge is 1.00 e. The Balaban J connectivity index is 0.000000237. The SMILES string of the molecule is C1CCOC1.FC(F)(F)c1cc(CBr)cc(C(F)(F)F)c1.FC(F)(F)c1cc(COC2CCCN(CC3(c4ccc(Cl)cc4)CCC3)C2)cc(C(F)(F)F)c1.O=C(N1CCCC(O)C1)C1(c2ccc(Cl)cc2)CCC1.O=C(N1CCCC(OCc2cc(C(F)(F)F)cc(C(F)(F)F)c2)C1)C1(c2ccc(Cl)cc2)CCC1.[AlH3].[H-].[Li+]. The minimum Gasteiger partial charge on any atom is -1.00 e. The summed E-state index contributed by atoms with van der Waals surface area (Å²) in [6.45, 7) is 5.62. The van der Waals surface area contributed by atoms with Gasteiger partial charge in [-0.15, -0.1) is 0 Å². The van der Waals surface area contributed by atoms with Crippen LogP contribution in [0, 0.1) is 0 Å². The van der Waals surface area contributed by atoms with E-state index < -0.39 is 88.6 Å². The van der Waals surface area contributed by atoms with Gasteiger partial charge in [-0.1, -0.05) is 106 Å². The van der Waals surface area contributed by atoms with Crippen LogP contribution in [0.5, 0.6) is 0 Å². The molecule has 6 aromatic carbocycles. The number of benzene rings is 6. The summed E-state index contributed by atoms with van der Waals surface area (Å²) in [6.07, 6.45) is -14.7. The fourth-order valence-corrected chi connectivity index (χ4v) is 15.5. The standard InChI is InChI=1S/C25H24ClF6NO2.C25H26ClF6NO.C16H20ClNO2.C9H5BrF6.C4H8O.Al.Li.4H/c26-20-6-4-17(5-7-20)23(8-2-9-23)22(34)33-10-1-3-21(14-33)35-15-16-11-18(24(27,28)29)13-19(12-16)25(30,31)32;26-21-6-4-18(5-7-21)23(8-2-9-23)16-33-10-1-3-22(14-33)34-15-17-11-19(24(27,28)29)13-20(12-17)25(30,31)32;17-13-6-4-12(5-7-13)16(8-2-9-16)15(20)18-10-1-3-14(19)11-18;10-4-5-1-6(8(11,12)13)3-7(2-5)9(14,15)16;1-2-4-5-3-1;;;;;;/h4-7,11-13,21H,1-3,8-10,14-15H2;4-7,11-13,22H,1-3,8-10,14-16H2;4-7,14,19H,1-3,8-11H2;1-3H,4H2;1-4H2;;;;;;/q;;;;;;+1;;;;-1. The molecule has 33 heteroatoms. The molecule has 612 valence electrons. The number of hydrogen-bond donors (Lipinski definition) is 1. The minimum atomic E-state index is -4.91. The summed E-state index contributed by atoms with van der Waals surface area (Å²) in [6, 6.07) is 27.3. The van der Waals surface area contributed by atoms with Crippen LogP contribution >= 0.6 is 50.7 Å². The summed E-state index contributed by atoms with van der Waals surface area (Å²) in [5.74, 6) is 0.155. The Bertz CT molecular complexity index is 3910. The smallest absolute Gasteiger partial charge is 1.00 e. The number of likely N-dealkylation sites (tertiary alicyclic amines) is 3. The molecule has 9 nitrogen and oxygen atoms in total. The number of carbonyl (C=O) groups is 2. The first-order valence-electron chi connectivity index (χ1n) is 36.1. The molecule has 7 aliphatic rings. The molecule has 13 rings (SSSR count). The molecule has 6 aromatic rings. The van der Waals surface area contributed by atoms with Crippen LogP contribution in [-0.2, 0) is 95.6 Å². The number of amides is 2. The number of rotatable bonds is 14. The Morgan fingerprint density at radius 1 is 0.438 bits per heavy atom. The molecule has 7 fully saturated rings. The number of hydrogen-bond acceptors (Lipinski definition) is 7. The first-order chi connectivity index (χ1) is 51.6. The zero-order valence-corrected chi connectivity index (χ0v) is 64.4. The first-order valence-corrected chi connectivity index (χ1v) is 38.3.